The zero-order valence-electron chi connectivity index (χ0n) is 12.4. The molecule has 1 atom stereocenters. The highest BCUT2D eigenvalue weighted by molar-refractivity contribution is 5.51. The van der Waals surface area contributed by atoms with E-state index in [1.54, 1.807) is 4.90 Å². The highest BCUT2D eigenvalue weighted by Crippen LogP contribution is 2.36. The van der Waals surface area contributed by atoms with E-state index in [2.05, 4.69) is 11.8 Å². The van der Waals surface area contributed by atoms with Gasteiger partial charge in [-0.2, -0.15) is 13.2 Å². The molecule has 3 nitrogen and oxygen atoms in total. The lowest BCUT2D eigenvalue weighted by molar-refractivity contribution is -0.207. The standard InChI is InChI=1S/C15H20F4N2O/c1-2-6-20-7-9-21(10-8-20)12-5-3-4-11(13(12)16)14(22)15(17,18)19/h3-5,14,22H,2,6-10H2,1H3. The van der Waals surface area contributed by atoms with Gasteiger partial charge >= 0.3 is 6.18 Å². The summed E-state index contributed by atoms with van der Waals surface area (Å²) in [5.41, 5.74) is -0.599. The summed E-state index contributed by atoms with van der Waals surface area (Å²) in [5, 5.41) is 9.28. The SMILES string of the molecule is CCCN1CCN(c2cccc(C(O)C(F)(F)F)c2F)CC1. The minimum atomic E-state index is -4.88. The molecule has 0 amide bonds. The Kier molecular flexibility index (Phi) is 5.28. The molecule has 1 unspecified atom stereocenters. The Morgan fingerprint density at radius 2 is 1.82 bits per heavy atom. The fraction of sp³-hybridized carbons (Fsp3) is 0.600. The fourth-order valence-electron chi connectivity index (χ4n) is 2.70. The summed E-state index contributed by atoms with van der Waals surface area (Å²) in [7, 11) is 0. The average molecular weight is 320 g/mol. The number of hydrogen-bond donors (Lipinski definition) is 1. The van der Waals surface area contributed by atoms with Gasteiger partial charge in [-0.15, -0.1) is 0 Å². The minimum absolute atomic E-state index is 0.122. The maximum atomic E-state index is 14.4. The Balaban J connectivity index is 2.16. The van der Waals surface area contributed by atoms with Crippen LogP contribution in [-0.2, 0) is 0 Å². The van der Waals surface area contributed by atoms with Crippen LogP contribution in [0.5, 0.6) is 0 Å². The molecule has 1 heterocycles. The van der Waals surface area contributed by atoms with Crippen molar-refractivity contribution >= 4 is 5.69 Å². The zero-order valence-corrected chi connectivity index (χ0v) is 12.4. The van der Waals surface area contributed by atoms with Gasteiger partial charge in [0.25, 0.3) is 0 Å². The van der Waals surface area contributed by atoms with E-state index >= 15 is 0 Å². The smallest absolute Gasteiger partial charge is 0.379 e. The van der Waals surface area contributed by atoms with Gasteiger partial charge < -0.3 is 10.0 Å². The summed E-state index contributed by atoms with van der Waals surface area (Å²) in [4.78, 5) is 3.97. The van der Waals surface area contributed by atoms with Gasteiger partial charge in [-0.25, -0.2) is 4.39 Å². The molecule has 7 heteroatoms. The van der Waals surface area contributed by atoms with Crippen molar-refractivity contribution in [1.82, 2.24) is 4.90 Å². The largest absolute Gasteiger partial charge is 0.418 e. The number of benzene rings is 1. The van der Waals surface area contributed by atoms with Crippen LogP contribution in [-0.4, -0.2) is 48.9 Å². The lowest BCUT2D eigenvalue weighted by Gasteiger charge is -2.36. The first-order valence-electron chi connectivity index (χ1n) is 7.35. The molecule has 1 aliphatic rings. The topological polar surface area (TPSA) is 26.7 Å². The molecular weight excluding hydrogens is 300 g/mol. The van der Waals surface area contributed by atoms with Crippen molar-refractivity contribution in [2.75, 3.05) is 37.6 Å². The average Bonchev–Trinajstić information content (AvgIpc) is 2.47. The number of piperazine rings is 1. The highest BCUT2D eigenvalue weighted by atomic mass is 19.4. The first-order valence-corrected chi connectivity index (χ1v) is 7.35. The zero-order chi connectivity index (χ0) is 16.3. The summed E-state index contributed by atoms with van der Waals surface area (Å²) in [6.45, 7) is 5.65. The van der Waals surface area contributed by atoms with Crippen molar-refractivity contribution in [2.45, 2.75) is 25.6 Å². The molecule has 0 spiro atoms. The molecular formula is C15H20F4N2O. The van der Waals surface area contributed by atoms with Crippen LogP contribution in [0, 0.1) is 5.82 Å². The Morgan fingerprint density at radius 3 is 2.36 bits per heavy atom. The van der Waals surface area contributed by atoms with Crippen LogP contribution in [0.1, 0.15) is 25.0 Å². The van der Waals surface area contributed by atoms with E-state index in [9.17, 15) is 22.7 Å². The predicted molar refractivity (Wildman–Crippen MR) is 76.4 cm³/mol. The van der Waals surface area contributed by atoms with Crippen LogP contribution in [0.25, 0.3) is 0 Å². The van der Waals surface area contributed by atoms with Gasteiger partial charge in [0.1, 0.15) is 0 Å². The lowest BCUT2D eigenvalue weighted by atomic mass is 10.1. The lowest BCUT2D eigenvalue weighted by Crippen LogP contribution is -2.46. The van der Waals surface area contributed by atoms with Crippen LogP contribution in [0.3, 0.4) is 0 Å². The molecule has 124 valence electrons. The molecule has 1 N–H and O–H groups in total. The molecule has 0 aromatic heterocycles. The van der Waals surface area contributed by atoms with Gasteiger partial charge in [0.15, 0.2) is 11.9 Å². The third-order valence-corrected chi connectivity index (χ3v) is 3.87. The maximum Gasteiger partial charge on any atom is 0.418 e. The number of aliphatic hydroxyl groups excluding tert-OH is 1. The minimum Gasteiger partial charge on any atom is -0.379 e. The number of hydrogen-bond acceptors (Lipinski definition) is 3. The van der Waals surface area contributed by atoms with E-state index in [4.69, 9.17) is 0 Å². The van der Waals surface area contributed by atoms with Crippen molar-refractivity contribution in [1.29, 1.82) is 0 Å². The van der Waals surface area contributed by atoms with Gasteiger partial charge in [-0.05, 0) is 19.0 Å². The quantitative estimate of drug-likeness (QED) is 0.864. The van der Waals surface area contributed by atoms with Crippen LogP contribution >= 0.6 is 0 Å². The van der Waals surface area contributed by atoms with E-state index in [0.29, 0.717) is 13.1 Å². The number of nitrogens with zero attached hydrogens (tertiary/aromatic N) is 2. The monoisotopic (exact) mass is 320 g/mol. The number of anilines is 1. The van der Waals surface area contributed by atoms with Gasteiger partial charge in [0, 0.05) is 31.7 Å². The van der Waals surface area contributed by atoms with Crippen molar-refractivity contribution in [2.24, 2.45) is 0 Å². The molecule has 0 aliphatic carbocycles. The molecule has 1 aliphatic heterocycles. The van der Waals surface area contributed by atoms with Gasteiger partial charge in [-0.1, -0.05) is 19.1 Å². The normalized spacial score (nSPS) is 18.5. The van der Waals surface area contributed by atoms with Crippen molar-refractivity contribution in [3.8, 4) is 0 Å². The second-order valence-electron chi connectivity index (χ2n) is 5.45. The third kappa shape index (κ3) is 3.70. The highest BCUT2D eigenvalue weighted by Gasteiger charge is 2.41. The van der Waals surface area contributed by atoms with Crippen LogP contribution < -0.4 is 4.90 Å². The number of alkyl halides is 3. The third-order valence-electron chi connectivity index (χ3n) is 3.87. The van der Waals surface area contributed by atoms with E-state index < -0.39 is 23.7 Å². The van der Waals surface area contributed by atoms with Gasteiger partial charge in [-0.3, -0.25) is 4.90 Å². The van der Waals surface area contributed by atoms with Crippen LogP contribution in [0.15, 0.2) is 18.2 Å². The Bertz CT molecular complexity index is 499. The van der Waals surface area contributed by atoms with E-state index in [0.717, 1.165) is 32.1 Å². The van der Waals surface area contributed by atoms with Crippen LogP contribution in [0.2, 0.25) is 0 Å². The van der Waals surface area contributed by atoms with Gasteiger partial charge in [0.05, 0.1) is 5.69 Å². The molecule has 2 rings (SSSR count). The molecule has 22 heavy (non-hydrogen) atoms. The fourth-order valence-corrected chi connectivity index (χ4v) is 2.70. The number of aliphatic hydroxyl groups is 1. The molecule has 1 saturated heterocycles. The molecule has 1 fully saturated rings. The van der Waals surface area contributed by atoms with Crippen molar-refractivity contribution in [3.63, 3.8) is 0 Å². The predicted octanol–water partition coefficient (Wildman–Crippen LogP) is 2.95. The summed E-state index contributed by atoms with van der Waals surface area (Å²) < 4.78 is 52.1. The molecule has 1 aromatic rings. The summed E-state index contributed by atoms with van der Waals surface area (Å²) in [6, 6.07) is 3.78. The maximum absolute atomic E-state index is 14.4. The molecule has 1 aromatic carbocycles. The van der Waals surface area contributed by atoms with Crippen molar-refractivity contribution < 1.29 is 22.7 Å². The van der Waals surface area contributed by atoms with E-state index in [1.165, 1.54) is 12.1 Å². The summed E-state index contributed by atoms with van der Waals surface area (Å²) in [6.07, 6.45) is -6.64. The number of rotatable bonds is 4. The molecule has 0 radical (unpaired) electrons. The first kappa shape index (κ1) is 17.0. The van der Waals surface area contributed by atoms with Crippen molar-refractivity contribution in [3.05, 3.63) is 29.6 Å². The van der Waals surface area contributed by atoms with E-state index in [-0.39, 0.29) is 5.69 Å². The van der Waals surface area contributed by atoms with E-state index in [1.807, 2.05) is 0 Å². The number of halogens is 4. The van der Waals surface area contributed by atoms with Crippen LogP contribution in [0.4, 0.5) is 23.2 Å². The Labute approximate surface area is 127 Å². The second-order valence-corrected chi connectivity index (χ2v) is 5.45. The summed E-state index contributed by atoms with van der Waals surface area (Å²) >= 11 is 0. The Morgan fingerprint density at radius 1 is 1.18 bits per heavy atom. The van der Waals surface area contributed by atoms with Gasteiger partial charge in [0.2, 0.25) is 0 Å². The second kappa shape index (κ2) is 6.83. The molecule has 0 bridgehead atoms. The molecule has 0 saturated carbocycles. The summed E-state index contributed by atoms with van der Waals surface area (Å²) in [5.74, 6) is -0.990. The Hall–Kier alpha value is -1.34. The first-order chi connectivity index (χ1) is 10.3.